The Labute approximate surface area is 132 Å². The van der Waals surface area contributed by atoms with Gasteiger partial charge in [0.15, 0.2) is 0 Å². The van der Waals surface area contributed by atoms with Crippen molar-refractivity contribution in [2.45, 2.75) is 26.0 Å². The first-order chi connectivity index (χ1) is 11.0. The molecule has 0 saturated heterocycles. The van der Waals surface area contributed by atoms with Gasteiger partial charge in [0.1, 0.15) is 6.54 Å². The number of anilines is 2. The van der Waals surface area contributed by atoms with Crippen molar-refractivity contribution in [1.82, 2.24) is 9.78 Å². The number of ether oxygens (including phenoxy) is 1. The van der Waals surface area contributed by atoms with Crippen molar-refractivity contribution in [2.75, 3.05) is 17.7 Å². The van der Waals surface area contributed by atoms with Crippen LogP contribution in [-0.2, 0) is 11.3 Å². The lowest BCUT2D eigenvalue weighted by molar-refractivity contribution is 0.119. The summed E-state index contributed by atoms with van der Waals surface area (Å²) in [7, 11) is 1.61. The van der Waals surface area contributed by atoms with Gasteiger partial charge in [0, 0.05) is 19.0 Å². The van der Waals surface area contributed by atoms with E-state index in [1.165, 1.54) is 12.4 Å². The third kappa shape index (κ3) is 5.03. The summed E-state index contributed by atoms with van der Waals surface area (Å²) in [5.74, 6) is 0. The largest absolute Gasteiger partial charge is 0.377 e. The molecule has 8 heteroatoms. The first kappa shape index (κ1) is 16.9. The minimum Gasteiger partial charge on any atom is -0.377 e. The van der Waals surface area contributed by atoms with Crippen LogP contribution in [0.3, 0.4) is 0 Å². The number of aromatic nitrogens is 2. The smallest absolute Gasteiger partial charge is 0.323 e. The second kappa shape index (κ2) is 7.68. The molecule has 23 heavy (non-hydrogen) atoms. The average molecular weight is 324 g/mol. The van der Waals surface area contributed by atoms with Crippen LogP contribution in [0.5, 0.6) is 0 Å². The van der Waals surface area contributed by atoms with Gasteiger partial charge in [0.2, 0.25) is 0 Å². The molecule has 124 valence electrons. The van der Waals surface area contributed by atoms with Crippen molar-refractivity contribution in [1.29, 1.82) is 0 Å². The van der Waals surface area contributed by atoms with Crippen molar-refractivity contribution in [3.05, 3.63) is 42.2 Å². The maximum atomic E-state index is 12.2. The second-order valence-corrected chi connectivity index (χ2v) is 4.92. The molecule has 6 nitrogen and oxygen atoms in total. The highest BCUT2D eigenvalue weighted by Crippen LogP contribution is 2.19. The first-order valence-corrected chi connectivity index (χ1v) is 6.99. The predicted molar refractivity (Wildman–Crippen MR) is 82.7 cm³/mol. The fraction of sp³-hybridized carbons (Fsp3) is 0.333. The van der Waals surface area contributed by atoms with E-state index in [1.54, 1.807) is 25.3 Å². The number of nitrogens with zero attached hydrogens (tertiary/aromatic N) is 2. The zero-order valence-electron chi connectivity index (χ0n) is 12.8. The summed E-state index contributed by atoms with van der Waals surface area (Å²) >= 11 is 0. The first-order valence-electron chi connectivity index (χ1n) is 6.99. The molecule has 1 heterocycles. The Morgan fingerprint density at radius 3 is 2.78 bits per heavy atom. The van der Waals surface area contributed by atoms with E-state index in [9.17, 15) is 13.6 Å². The maximum absolute atomic E-state index is 12.2. The number of benzene rings is 1. The molecule has 0 fully saturated rings. The van der Waals surface area contributed by atoms with Crippen LogP contribution in [0, 0.1) is 0 Å². The molecule has 0 saturated carbocycles. The number of hydrogen-bond acceptors (Lipinski definition) is 3. The van der Waals surface area contributed by atoms with Gasteiger partial charge in [-0.15, -0.1) is 0 Å². The van der Waals surface area contributed by atoms with Gasteiger partial charge in [-0.2, -0.15) is 5.10 Å². The minimum absolute atomic E-state index is 0.0904. The number of methoxy groups -OCH3 is 1. The highest BCUT2D eigenvalue weighted by molar-refractivity contribution is 5.99. The molecule has 1 aromatic heterocycles. The van der Waals surface area contributed by atoms with Gasteiger partial charge in [-0.3, -0.25) is 4.68 Å². The van der Waals surface area contributed by atoms with E-state index in [-0.39, 0.29) is 6.10 Å². The molecule has 0 aliphatic heterocycles. The van der Waals surface area contributed by atoms with Crippen molar-refractivity contribution in [2.24, 2.45) is 0 Å². The van der Waals surface area contributed by atoms with Gasteiger partial charge in [-0.25, -0.2) is 13.6 Å². The van der Waals surface area contributed by atoms with Gasteiger partial charge in [0.25, 0.3) is 6.43 Å². The van der Waals surface area contributed by atoms with E-state index in [0.717, 1.165) is 10.2 Å². The van der Waals surface area contributed by atoms with Crippen LogP contribution in [0.15, 0.2) is 36.7 Å². The third-order valence-electron chi connectivity index (χ3n) is 3.18. The lowest BCUT2D eigenvalue weighted by Gasteiger charge is -2.12. The van der Waals surface area contributed by atoms with Crippen molar-refractivity contribution in [3.63, 3.8) is 0 Å². The molecule has 0 radical (unpaired) electrons. The summed E-state index contributed by atoms with van der Waals surface area (Å²) in [5, 5.41) is 8.95. The van der Waals surface area contributed by atoms with E-state index in [4.69, 9.17) is 4.74 Å². The Morgan fingerprint density at radius 2 is 2.09 bits per heavy atom. The molecular weight excluding hydrogens is 306 g/mol. The van der Waals surface area contributed by atoms with E-state index in [0.29, 0.717) is 11.4 Å². The van der Waals surface area contributed by atoms with Crippen LogP contribution in [0.1, 0.15) is 18.6 Å². The molecule has 0 aliphatic carbocycles. The number of amides is 2. The Morgan fingerprint density at radius 1 is 1.35 bits per heavy atom. The molecule has 0 aliphatic rings. The number of nitrogens with one attached hydrogen (secondary N) is 2. The molecule has 0 bridgehead atoms. The number of carbonyl (C=O) groups excluding carboxylic acids is 1. The summed E-state index contributed by atoms with van der Waals surface area (Å²) in [6.45, 7) is 1.39. The van der Waals surface area contributed by atoms with Crippen LogP contribution in [0.2, 0.25) is 0 Å². The van der Waals surface area contributed by atoms with Gasteiger partial charge in [-0.05, 0) is 24.6 Å². The lowest BCUT2D eigenvalue weighted by atomic mass is 10.1. The zero-order valence-corrected chi connectivity index (χ0v) is 12.8. The fourth-order valence-corrected chi connectivity index (χ4v) is 1.97. The van der Waals surface area contributed by atoms with Crippen molar-refractivity contribution >= 4 is 17.4 Å². The summed E-state index contributed by atoms with van der Waals surface area (Å²) in [5.41, 5.74) is 1.86. The van der Waals surface area contributed by atoms with Crippen molar-refractivity contribution < 1.29 is 18.3 Å². The molecule has 2 N–H and O–H groups in total. The molecule has 2 rings (SSSR count). The molecule has 2 amide bonds. The van der Waals surface area contributed by atoms with E-state index >= 15 is 0 Å². The molecule has 0 spiro atoms. The molecule has 2 aromatic rings. The number of carbonyl (C=O) groups is 1. The number of hydrogen-bond donors (Lipinski definition) is 2. The van der Waals surface area contributed by atoms with Crippen molar-refractivity contribution in [3.8, 4) is 0 Å². The van der Waals surface area contributed by atoms with Gasteiger partial charge in [-0.1, -0.05) is 12.1 Å². The summed E-state index contributed by atoms with van der Waals surface area (Å²) in [6, 6.07) is 6.76. The van der Waals surface area contributed by atoms with E-state index in [2.05, 4.69) is 15.7 Å². The highest BCUT2D eigenvalue weighted by Gasteiger charge is 2.09. The molecule has 1 unspecified atom stereocenters. The molecule has 1 atom stereocenters. The topological polar surface area (TPSA) is 68.2 Å². The summed E-state index contributed by atoms with van der Waals surface area (Å²) in [4.78, 5) is 11.9. The standard InChI is InChI=1S/C15H18F2N4O2/c1-10(23-2)11-4-3-5-12(6-11)19-15(22)20-13-7-18-21(8-13)9-14(16)17/h3-8,10,14H,9H2,1-2H3,(H2,19,20,22). The molecular formula is C15H18F2N4O2. The Balaban J connectivity index is 1.95. The monoisotopic (exact) mass is 324 g/mol. The maximum Gasteiger partial charge on any atom is 0.323 e. The highest BCUT2D eigenvalue weighted by atomic mass is 19.3. The number of urea groups is 1. The lowest BCUT2D eigenvalue weighted by Crippen LogP contribution is -2.19. The quantitative estimate of drug-likeness (QED) is 0.854. The van der Waals surface area contributed by atoms with Crippen LogP contribution >= 0.6 is 0 Å². The Hall–Kier alpha value is -2.48. The van der Waals surface area contributed by atoms with Crippen LogP contribution in [0.25, 0.3) is 0 Å². The van der Waals surface area contributed by atoms with E-state index in [1.807, 2.05) is 13.0 Å². The summed E-state index contributed by atoms with van der Waals surface area (Å²) in [6.07, 6.45) is 0.0649. The number of rotatable bonds is 6. The Kier molecular flexibility index (Phi) is 5.64. The second-order valence-electron chi connectivity index (χ2n) is 4.92. The number of halogens is 2. The Bertz CT molecular complexity index is 660. The number of alkyl halides is 2. The minimum atomic E-state index is -2.50. The summed E-state index contributed by atoms with van der Waals surface area (Å²) < 4.78 is 30.8. The zero-order chi connectivity index (χ0) is 16.8. The normalized spacial score (nSPS) is 12.2. The SMILES string of the molecule is COC(C)c1cccc(NC(=O)Nc2cnn(CC(F)F)c2)c1. The fourth-order valence-electron chi connectivity index (χ4n) is 1.97. The average Bonchev–Trinajstić information content (AvgIpc) is 2.92. The van der Waals surface area contributed by atoms with Crippen LogP contribution < -0.4 is 10.6 Å². The van der Waals surface area contributed by atoms with Gasteiger partial charge in [0.05, 0.1) is 18.0 Å². The molecule has 1 aromatic carbocycles. The van der Waals surface area contributed by atoms with Gasteiger partial charge < -0.3 is 15.4 Å². The third-order valence-corrected chi connectivity index (χ3v) is 3.18. The van der Waals surface area contributed by atoms with E-state index < -0.39 is 19.0 Å². The predicted octanol–water partition coefficient (Wildman–Crippen LogP) is 3.50. The van der Waals surface area contributed by atoms with Crippen LogP contribution in [0.4, 0.5) is 25.0 Å². The van der Waals surface area contributed by atoms with Crippen LogP contribution in [-0.4, -0.2) is 29.3 Å². The van der Waals surface area contributed by atoms with Gasteiger partial charge >= 0.3 is 6.03 Å².